The number of carboxylic acids is 1. The number of piperidine rings is 1. The van der Waals surface area contributed by atoms with Crippen LogP contribution in [-0.2, 0) is 0 Å². The van der Waals surface area contributed by atoms with Gasteiger partial charge in [0.25, 0.3) is 5.91 Å². The molecule has 0 atom stereocenters. The molecule has 0 saturated carbocycles. The quantitative estimate of drug-likeness (QED) is 0.752. The molecule has 8 heteroatoms. The highest BCUT2D eigenvalue weighted by molar-refractivity contribution is 5.94. The number of benzene rings is 1. The Morgan fingerprint density at radius 1 is 1.04 bits per heavy atom. The lowest BCUT2D eigenvalue weighted by Crippen LogP contribution is -2.39. The molecule has 0 bridgehead atoms. The van der Waals surface area contributed by atoms with Crippen LogP contribution in [0.4, 0.5) is 0 Å². The Balaban J connectivity index is 1.39. The molecule has 1 aromatic carbocycles. The minimum Gasteiger partial charge on any atom is -0.478 e. The van der Waals surface area contributed by atoms with Gasteiger partial charge in [-0.2, -0.15) is 10.2 Å². The fourth-order valence-electron chi connectivity index (χ4n) is 3.55. The first-order valence-corrected chi connectivity index (χ1v) is 9.21. The van der Waals surface area contributed by atoms with Crippen LogP contribution in [0, 0.1) is 6.92 Å². The van der Waals surface area contributed by atoms with Crippen LogP contribution in [0.2, 0.25) is 0 Å². The van der Waals surface area contributed by atoms with Crippen molar-refractivity contribution in [1.82, 2.24) is 24.5 Å². The van der Waals surface area contributed by atoms with Gasteiger partial charge in [-0.25, -0.2) is 9.48 Å². The summed E-state index contributed by atoms with van der Waals surface area (Å²) in [6.45, 7) is 3.22. The van der Waals surface area contributed by atoms with Crippen LogP contribution in [0.25, 0.3) is 5.69 Å². The third-order valence-corrected chi connectivity index (χ3v) is 5.17. The van der Waals surface area contributed by atoms with Gasteiger partial charge in [-0.15, -0.1) is 0 Å². The Morgan fingerprint density at radius 3 is 2.32 bits per heavy atom. The zero-order chi connectivity index (χ0) is 19.7. The van der Waals surface area contributed by atoms with Crippen molar-refractivity contribution in [3.8, 4) is 5.69 Å². The number of hydrogen-bond donors (Lipinski definition) is 1. The summed E-state index contributed by atoms with van der Waals surface area (Å²) in [6, 6.07) is 9.51. The van der Waals surface area contributed by atoms with Gasteiger partial charge in [0.05, 0.1) is 23.5 Å². The first-order valence-electron chi connectivity index (χ1n) is 9.21. The van der Waals surface area contributed by atoms with Gasteiger partial charge in [-0.05, 0) is 50.1 Å². The van der Waals surface area contributed by atoms with Crippen molar-refractivity contribution in [3.63, 3.8) is 0 Å². The van der Waals surface area contributed by atoms with Gasteiger partial charge in [-0.1, -0.05) is 0 Å². The van der Waals surface area contributed by atoms with Crippen molar-refractivity contribution >= 4 is 11.9 Å². The normalized spacial score (nSPS) is 15.0. The number of likely N-dealkylation sites (tertiary alicyclic amines) is 1. The van der Waals surface area contributed by atoms with Gasteiger partial charge >= 0.3 is 5.97 Å². The second-order valence-corrected chi connectivity index (χ2v) is 6.97. The summed E-state index contributed by atoms with van der Waals surface area (Å²) in [7, 11) is 0. The molecule has 8 nitrogen and oxygen atoms in total. The third kappa shape index (κ3) is 3.40. The van der Waals surface area contributed by atoms with E-state index in [0.717, 1.165) is 24.2 Å². The number of hydrogen-bond acceptors (Lipinski definition) is 4. The molecule has 4 rings (SSSR count). The fourth-order valence-corrected chi connectivity index (χ4v) is 3.55. The van der Waals surface area contributed by atoms with Crippen molar-refractivity contribution in [1.29, 1.82) is 0 Å². The molecule has 1 aliphatic heterocycles. The number of nitrogens with zero attached hydrogens (tertiary/aromatic N) is 5. The highest BCUT2D eigenvalue weighted by atomic mass is 16.4. The molecule has 0 unspecified atom stereocenters. The number of aromatic carboxylic acids is 1. The van der Waals surface area contributed by atoms with Crippen LogP contribution < -0.4 is 0 Å². The van der Waals surface area contributed by atoms with Crippen LogP contribution in [0.1, 0.15) is 45.3 Å². The maximum absolute atomic E-state index is 12.8. The van der Waals surface area contributed by atoms with Gasteiger partial charge in [0.2, 0.25) is 0 Å². The number of aryl methyl sites for hydroxylation is 1. The van der Waals surface area contributed by atoms with Gasteiger partial charge in [-0.3, -0.25) is 9.48 Å². The smallest absolute Gasteiger partial charge is 0.338 e. The first kappa shape index (κ1) is 18.0. The first-order chi connectivity index (χ1) is 13.5. The number of carbonyl (C=O) groups is 2. The molecule has 3 aromatic rings. The van der Waals surface area contributed by atoms with Gasteiger partial charge in [0.15, 0.2) is 0 Å². The van der Waals surface area contributed by atoms with E-state index in [0.29, 0.717) is 18.7 Å². The largest absolute Gasteiger partial charge is 0.478 e. The molecule has 2 aromatic heterocycles. The van der Waals surface area contributed by atoms with E-state index < -0.39 is 5.97 Å². The number of rotatable bonds is 4. The molecule has 0 aliphatic carbocycles. The highest BCUT2D eigenvalue weighted by Crippen LogP contribution is 2.24. The summed E-state index contributed by atoms with van der Waals surface area (Å²) >= 11 is 0. The maximum atomic E-state index is 12.8. The van der Waals surface area contributed by atoms with Crippen molar-refractivity contribution in [2.45, 2.75) is 25.8 Å². The Kier molecular flexibility index (Phi) is 4.68. The van der Waals surface area contributed by atoms with Crippen LogP contribution in [-0.4, -0.2) is 54.5 Å². The molecule has 0 radical (unpaired) electrons. The predicted molar refractivity (Wildman–Crippen MR) is 102 cm³/mol. The lowest BCUT2D eigenvalue weighted by atomic mass is 10.0. The Labute approximate surface area is 162 Å². The van der Waals surface area contributed by atoms with Crippen molar-refractivity contribution in [2.24, 2.45) is 0 Å². The number of amides is 1. The van der Waals surface area contributed by atoms with Crippen LogP contribution in [0.3, 0.4) is 0 Å². The monoisotopic (exact) mass is 379 g/mol. The minimum absolute atomic E-state index is 0.00822. The maximum Gasteiger partial charge on any atom is 0.338 e. The van der Waals surface area contributed by atoms with E-state index in [4.69, 9.17) is 5.11 Å². The second-order valence-electron chi connectivity index (χ2n) is 6.97. The summed E-state index contributed by atoms with van der Waals surface area (Å²) in [4.78, 5) is 25.6. The predicted octanol–water partition coefficient (Wildman–Crippen LogP) is 2.55. The van der Waals surface area contributed by atoms with Crippen LogP contribution in [0.5, 0.6) is 0 Å². The molecule has 1 N–H and O–H groups in total. The average Bonchev–Trinajstić information content (AvgIpc) is 3.37. The molecular weight excluding hydrogens is 358 g/mol. The van der Waals surface area contributed by atoms with E-state index in [-0.39, 0.29) is 17.5 Å². The highest BCUT2D eigenvalue weighted by Gasteiger charge is 2.25. The number of carboxylic acid groups (broad SMARTS) is 1. The van der Waals surface area contributed by atoms with E-state index >= 15 is 0 Å². The molecule has 144 valence electrons. The molecule has 1 saturated heterocycles. The molecular formula is C20H21N5O3. The van der Waals surface area contributed by atoms with Crippen LogP contribution in [0.15, 0.2) is 48.9 Å². The Hall–Kier alpha value is -3.42. The zero-order valence-electron chi connectivity index (χ0n) is 15.5. The van der Waals surface area contributed by atoms with Crippen molar-refractivity contribution < 1.29 is 14.7 Å². The van der Waals surface area contributed by atoms with E-state index in [2.05, 4.69) is 10.2 Å². The third-order valence-electron chi connectivity index (χ3n) is 5.17. The standard InChI is InChI=1S/C20H21N5O3/c1-14-6-9-21-25(14)18-4-2-15(3-5-18)19(26)23-10-7-17(8-11-23)24-13-16(12-22-24)20(27)28/h2-6,9,12-13,17H,7-8,10-11H2,1H3,(H,27,28). The average molecular weight is 379 g/mol. The second kappa shape index (κ2) is 7.30. The topological polar surface area (TPSA) is 93.2 Å². The van der Waals surface area contributed by atoms with E-state index in [1.165, 1.54) is 6.20 Å². The van der Waals surface area contributed by atoms with E-state index in [1.54, 1.807) is 17.1 Å². The van der Waals surface area contributed by atoms with E-state index in [1.807, 2.05) is 46.8 Å². The van der Waals surface area contributed by atoms with Crippen molar-refractivity contribution in [2.75, 3.05) is 13.1 Å². The summed E-state index contributed by atoms with van der Waals surface area (Å²) in [6.07, 6.45) is 6.16. The summed E-state index contributed by atoms with van der Waals surface area (Å²) in [5.74, 6) is -0.971. The van der Waals surface area contributed by atoms with E-state index in [9.17, 15) is 9.59 Å². The van der Waals surface area contributed by atoms with Crippen LogP contribution >= 0.6 is 0 Å². The number of aromatic nitrogens is 4. The number of carbonyl (C=O) groups excluding carboxylic acids is 1. The summed E-state index contributed by atoms with van der Waals surface area (Å²) < 4.78 is 3.53. The fraction of sp³-hybridized carbons (Fsp3) is 0.300. The Morgan fingerprint density at radius 2 is 1.75 bits per heavy atom. The SMILES string of the molecule is Cc1ccnn1-c1ccc(C(=O)N2CCC(n3cc(C(=O)O)cn3)CC2)cc1. The molecule has 1 fully saturated rings. The lowest BCUT2D eigenvalue weighted by molar-refractivity contribution is 0.0688. The van der Waals surface area contributed by atoms with Gasteiger partial charge in [0, 0.05) is 36.7 Å². The molecule has 1 amide bonds. The lowest BCUT2D eigenvalue weighted by Gasteiger charge is -2.32. The minimum atomic E-state index is -0.979. The molecule has 0 spiro atoms. The van der Waals surface area contributed by atoms with Crippen molar-refractivity contribution in [3.05, 3.63) is 65.7 Å². The zero-order valence-corrected chi connectivity index (χ0v) is 15.5. The Bertz CT molecular complexity index is 997. The molecule has 28 heavy (non-hydrogen) atoms. The van der Waals surface area contributed by atoms with Gasteiger partial charge in [0.1, 0.15) is 0 Å². The molecule has 3 heterocycles. The molecule has 1 aliphatic rings. The van der Waals surface area contributed by atoms with Gasteiger partial charge < -0.3 is 10.0 Å². The summed E-state index contributed by atoms with van der Waals surface area (Å²) in [5, 5.41) is 17.5. The summed E-state index contributed by atoms with van der Waals surface area (Å²) in [5.41, 5.74) is 2.79.